The van der Waals surface area contributed by atoms with Crippen molar-refractivity contribution >= 4 is 17.5 Å². The largest absolute Gasteiger partial charge is 0.490 e. The predicted molar refractivity (Wildman–Crippen MR) is 122 cm³/mol. The molecule has 0 spiro atoms. The van der Waals surface area contributed by atoms with E-state index in [2.05, 4.69) is 12.2 Å². The van der Waals surface area contributed by atoms with E-state index in [9.17, 15) is 9.59 Å². The molecule has 1 aliphatic rings. The first-order valence-corrected chi connectivity index (χ1v) is 11.2. The molecule has 2 amide bonds. The van der Waals surface area contributed by atoms with Crippen LogP contribution in [-0.2, 0) is 4.79 Å². The molecule has 1 fully saturated rings. The maximum Gasteiger partial charge on any atom is 0.254 e. The van der Waals surface area contributed by atoms with Gasteiger partial charge in [-0.3, -0.25) is 9.59 Å². The summed E-state index contributed by atoms with van der Waals surface area (Å²) in [4.78, 5) is 27.6. The zero-order chi connectivity index (χ0) is 22.1. The summed E-state index contributed by atoms with van der Waals surface area (Å²) in [7, 11) is 0. The Bertz CT molecular complexity index is 869. The number of nitrogens with zero attached hydrogens (tertiary/aromatic N) is 1. The van der Waals surface area contributed by atoms with Crippen molar-refractivity contribution in [2.24, 2.45) is 5.92 Å². The highest BCUT2D eigenvalue weighted by Crippen LogP contribution is 2.30. The van der Waals surface area contributed by atoms with Gasteiger partial charge in [0.25, 0.3) is 5.91 Å². The number of para-hydroxylation sites is 1. The van der Waals surface area contributed by atoms with Gasteiger partial charge in [-0.15, -0.1) is 0 Å². The molecular weight excluding hydrogens is 392 g/mol. The zero-order valence-electron chi connectivity index (χ0n) is 18.4. The van der Waals surface area contributed by atoms with Gasteiger partial charge in [-0.25, -0.2) is 0 Å². The van der Waals surface area contributed by atoms with Gasteiger partial charge in [0.05, 0.1) is 19.1 Å². The number of likely N-dealkylation sites (tertiary alicyclic amines) is 1. The number of rotatable bonds is 9. The van der Waals surface area contributed by atoms with Gasteiger partial charge < -0.3 is 19.7 Å². The Balaban J connectivity index is 1.66. The fourth-order valence-corrected chi connectivity index (χ4v) is 3.68. The van der Waals surface area contributed by atoms with Crippen LogP contribution in [0.4, 0.5) is 5.69 Å². The molecule has 6 heteroatoms. The third-order valence-corrected chi connectivity index (χ3v) is 5.37. The van der Waals surface area contributed by atoms with Gasteiger partial charge >= 0.3 is 0 Å². The van der Waals surface area contributed by atoms with Gasteiger partial charge in [0, 0.05) is 24.3 Å². The number of amides is 2. The lowest BCUT2D eigenvalue weighted by Gasteiger charge is -2.32. The Labute approximate surface area is 184 Å². The van der Waals surface area contributed by atoms with Crippen molar-refractivity contribution in [3.05, 3.63) is 54.1 Å². The van der Waals surface area contributed by atoms with E-state index in [0.717, 1.165) is 31.4 Å². The number of piperidine rings is 1. The molecule has 3 rings (SSSR count). The van der Waals surface area contributed by atoms with Crippen molar-refractivity contribution in [2.75, 3.05) is 31.6 Å². The summed E-state index contributed by atoms with van der Waals surface area (Å²) < 4.78 is 11.5. The Morgan fingerprint density at radius 2 is 1.87 bits per heavy atom. The minimum atomic E-state index is -0.221. The second-order valence-electron chi connectivity index (χ2n) is 7.74. The fraction of sp³-hybridized carbons (Fsp3) is 0.440. The van der Waals surface area contributed by atoms with E-state index >= 15 is 0 Å². The van der Waals surface area contributed by atoms with Crippen LogP contribution in [0.2, 0.25) is 0 Å². The standard InChI is InChI=1S/C25H32N2O4/c1-3-5-16-31-22-14-13-19(17-23(22)30-4-2)25(29)27-15-9-10-20(18-27)24(28)26-21-11-7-6-8-12-21/h6-8,11-14,17,20H,3-5,9-10,15-16,18H2,1-2H3,(H,26,28). The summed E-state index contributed by atoms with van der Waals surface area (Å²) in [6, 6.07) is 14.7. The number of benzene rings is 2. The highest BCUT2D eigenvalue weighted by atomic mass is 16.5. The molecule has 1 atom stereocenters. The molecule has 0 bridgehead atoms. The van der Waals surface area contributed by atoms with Crippen molar-refractivity contribution < 1.29 is 19.1 Å². The number of ether oxygens (including phenoxy) is 2. The van der Waals surface area contributed by atoms with E-state index in [0.29, 0.717) is 43.4 Å². The van der Waals surface area contributed by atoms with Crippen molar-refractivity contribution in [3.8, 4) is 11.5 Å². The molecule has 2 aromatic carbocycles. The molecule has 0 radical (unpaired) electrons. The average Bonchev–Trinajstić information content (AvgIpc) is 2.80. The van der Waals surface area contributed by atoms with Crippen molar-refractivity contribution in [2.45, 2.75) is 39.5 Å². The van der Waals surface area contributed by atoms with Gasteiger partial charge in [0.15, 0.2) is 11.5 Å². The molecule has 1 saturated heterocycles. The summed E-state index contributed by atoms with van der Waals surface area (Å²) in [5.41, 5.74) is 1.33. The predicted octanol–water partition coefficient (Wildman–Crippen LogP) is 4.76. The van der Waals surface area contributed by atoms with Crippen LogP contribution in [0.5, 0.6) is 11.5 Å². The first-order chi connectivity index (χ1) is 15.1. The first kappa shape index (κ1) is 22.7. The third-order valence-electron chi connectivity index (χ3n) is 5.37. The second kappa shape index (κ2) is 11.4. The quantitative estimate of drug-likeness (QED) is 0.590. The van der Waals surface area contributed by atoms with E-state index in [-0.39, 0.29) is 17.7 Å². The number of hydrogen-bond acceptors (Lipinski definition) is 4. The molecule has 1 aliphatic heterocycles. The molecule has 166 valence electrons. The highest BCUT2D eigenvalue weighted by molar-refractivity contribution is 5.96. The summed E-state index contributed by atoms with van der Waals surface area (Å²) in [6.45, 7) is 6.19. The van der Waals surface area contributed by atoms with E-state index in [1.54, 1.807) is 23.1 Å². The monoisotopic (exact) mass is 424 g/mol. The molecule has 31 heavy (non-hydrogen) atoms. The SMILES string of the molecule is CCCCOc1ccc(C(=O)N2CCCC(C(=O)Nc3ccccc3)C2)cc1OCC. The normalized spacial score (nSPS) is 15.9. The van der Waals surface area contributed by atoms with Crippen LogP contribution < -0.4 is 14.8 Å². The second-order valence-corrected chi connectivity index (χ2v) is 7.74. The Hall–Kier alpha value is -3.02. The average molecular weight is 425 g/mol. The Morgan fingerprint density at radius 1 is 1.06 bits per heavy atom. The van der Waals surface area contributed by atoms with Gasteiger partial charge in [-0.1, -0.05) is 31.5 Å². The minimum Gasteiger partial charge on any atom is -0.490 e. The topological polar surface area (TPSA) is 67.9 Å². The molecule has 2 aromatic rings. The molecular formula is C25H32N2O4. The summed E-state index contributed by atoms with van der Waals surface area (Å²) >= 11 is 0. The van der Waals surface area contributed by atoms with Gasteiger partial charge in [-0.05, 0) is 56.5 Å². The highest BCUT2D eigenvalue weighted by Gasteiger charge is 2.29. The third kappa shape index (κ3) is 6.23. The number of carbonyl (C=O) groups is 2. The molecule has 1 N–H and O–H groups in total. The van der Waals surface area contributed by atoms with Crippen LogP contribution in [0.25, 0.3) is 0 Å². The van der Waals surface area contributed by atoms with Crippen LogP contribution in [0.3, 0.4) is 0 Å². The zero-order valence-corrected chi connectivity index (χ0v) is 18.4. The van der Waals surface area contributed by atoms with Crippen LogP contribution in [0, 0.1) is 5.92 Å². The molecule has 1 unspecified atom stereocenters. The Kier molecular flexibility index (Phi) is 8.33. The minimum absolute atomic E-state index is 0.0432. The number of hydrogen-bond donors (Lipinski definition) is 1. The maximum atomic E-state index is 13.2. The molecule has 0 aromatic heterocycles. The van der Waals surface area contributed by atoms with Crippen molar-refractivity contribution in [1.82, 2.24) is 4.90 Å². The van der Waals surface area contributed by atoms with E-state index in [1.807, 2.05) is 37.3 Å². The lowest BCUT2D eigenvalue weighted by Crippen LogP contribution is -2.43. The van der Waals surface area contributed by atoms with Crippen molar-refractivity contribution in [3.63, 3.8) is 0 Å². The lowest BCUT2D eigenvalue weighted by molar-refractivity contribution is -0.121. The summed E-state index contributed by atoms with van der Waals surface area (Å²) in [6.07, 6.45) is 3.59. The summed E-state index contributed by atoms with van der Waals surface area (Å²) in [5, 5.41) is 2.96. The van der Waals surface area contributed by atoms with Gasteiger partial charge in [0.2, 0.25) is 5.91 Å². The van der Waals surface area contributed by atoms with Crippen LogP contribution >= 0.6 is 0 Å². The van der Waals surface area contributed by atoms with E-state index < -0.39 is 0 Å². The van der Waals surface area contributed by atoms with Gasteiger partial charge in [0.1, 0.15) is 0 Å². The van der Waals surface area contributed by atoms with Crippen LogP contribution in [0.1, 0.15) is 49.9 Å². The smallest absolute Gasteiger partial charge is 0.254 e. The number of nitrogens with one attached hydrogen (secondary N) is 1. The molecule has 1 heterocycles. The van der Waals surface area contributed by atoms with Crippen LogP contribution in [-0.4, -0.2) is 43.0 Å². The van der Waals surface area contributed by atoms with Gasteiger partial charge in [-0.2, -0.15) is 0 Å². The summed E-state index contributed by atoms with van der Waals surface area (Å²) in [5.74, 6) is 0.892. The number of carbonyl (C=O) groups excluding carboxylic acids is 2. The Morgan fingerprint density at radius 3 is 2.61 bits per heavy atom. The van der Waals surface area contributed by atoms with E-state index in [4.69, 9.17) is 9.47 Å². The van der Waals surface area contributed by atoms with Crippen molar-refractivity contribution in [1.29, 1.82) is 0 Å². The molecule has 0 aliphatic carbocycles. The lowest BCUT2D eigenvalue weighted by atomic mass is 9.96. The number of anilines is 1. The first-order valence-electron chi connectivity index (χ1n) is 11.2. The maximum absolute atomic E-state index is 13.2. The fourth-order valence-electron chi connectivity index (χ4n) is 3.68. The molecule has 6 nitrogen and oxygen atoms in total. The number of unbranched alkanes of at least 4 members (excludes halogenated alkanes) is 1. The van der Waals surface area contributed by atoms with E-state index in [1.165, 1.54) is 0 Å². The molecule has 0 saturated carbocycles. The van der Waals surface area contributed by atoms with Crippen LogP contribution in [0.15, 0.2) is 48.5 Å².